The number of amides is 3. The molecule has 30 heavy (non-hydrogen) atoms. The van der Waals surface area contributed by atoms with E-state index in [9.17, 15) is 9.59 Å². The van der Waals surface area contributed by atoms with Crippen molar-refractivity contribution in [3.05, 3.63) is 24.3 Å². The summed E-state index contributed by atoms with van der Waals surface area (Å²) in [4.78, 5) is 30.2. The molecule has 2 heterocycles. The summed E-state index contributed by atoms with van der Waals surface area (Å²) < 4.78 is 0. The van der Waals surface area contributed by atoms with Crippen LogP contribution < -0.4 is 20.9 Å². The lowest BCUT2D eigenvalue weighted by atomic mass is 9.89. The number of anilines is 2. The summed E-state index contributed by atoms with van der Waals surface area (Å²) in [5, 5.41) is 2.40. The average molecular weight is 414 g/mol. The first-order valence-electron chi connectivity index (χ1n) is 11.4. The van der Waals surface area contributed by atoms with E-state index in [-0.39, 0.29) is 11.9 Å². The Balaban J connectivity index is 1.30. The number of hydrogen-bond donors (Lipinski definition) is 2. The van der Waals surface area contributed by atoms with Crippen molar-refractivity contribution in [3.63, 3.8) is 0 Å². The van der Waals surface area contributed by atoms with E-state index in [4.69, 9.17) is 5.73 Å². The third kappa shape index (κ3) is 4.95. The number of carbonyl (C=O) groups is 2. The van der Waals surface area contributed by atoms with Gasteiger partial charge in [-0.1, -0.05) is 6.07 Å². The summed E-state index contributed by atoms with van der Waals surface area (Å²) in [5.41, 5.74) is 8.07. The third-order valence-electron chi connectivity index (χ3n) is 7.09. The maximum atomic E-state index is 12.2. The first-order valence-corrected chi connectivity index (χ1v) is 11.4. The summed E-state index contributed by atoms with van der Waals surface area (Å²) in [6.45, 7) is 3.70. The Bertz CT molecular complexity index is 754. The van der Waals surface area contributed by atoms with Gasteiger partial charge in [-0.3, -0.25) is 15.0 Å². The molecule has 0 radical (unpaired) electrons. The number of imide groups is 1. The fraction of sp³-hybridized carbons (Fsp3) is 0.652. The van der Waals surface area contributed by atoms with Crippen molar-refractivity contribution < 1.29 is 9.59 Å². The minimum absolute atomic E-state index is 0.199. The number of piperidine rings is 1. The maximum absolute atomic E-state index is 12.2. The van der Waals surface area contributed by atoms with Crippen molar-refractivity contribution in [2.75, 3.05) is 43.0 Å². The SMILES string of the molecule is CN(CC1CCN(c2cccc(N3CCC(=O)NC3=O)c2)CC1)C1CCC(N)CC1. The molecule has 0 aromatic heterocycles. The molecule has 164 valence electrons. The molecule has 0 bridgehead atoms. The number of benzene rings is 1. The molecule has 1 saturated carbocycles. The summed E-state index contributed by atoms with van der Waals surface area (Å²) in [5.74, 6) is 0.541. The average Bonchev–Trinajstić information content (AvgIpc) is 2.75. The monoisotopic (exact) mass is 413 g/mol. The molecule has 3 fully saturated rings. The first-order chi connectivity index (χ1) is 14.5. The molecule has 1 aromatic carbocycles. The predicted molar refractivity (Wildman–Crippen MR) is 120 cm³/mol. The van der Waals surface area contributed by atoms with Crippen molar-refractivity contribution in [2.24, 2.45) is 11.7 Å². The minimum atomic E-state index is -0.325. The number of hydrogen-bond acceptors (Lipinski definition) is 5. The summed E-state index contributed by atoms with van der Waals surface area (Å²) in [6, 6.07) is 8.92. The number of nitrogens with one attached hydrogen (secondary N) is 1. The highest BCUT2D eigenvalue weighted by Crippen LogP contribution is 2.29. The Hall–Kier alpha value is -2.12. The number of carbonyl (C=O) groups excluding carboxylic acids is 2. The second-order valence-electron chi connectivity index (χ2n) is 9.21. The molecule has 4 rings (SSSR count). The van der Waals surface area contributed by atoms with Gasteiger partial charge in [0.1, 0.15) is 0 Å². The van der Waals surface area contributed by atoms with E-state index in [0.29, 0.717) is 25.0 Å². The molecular formula is C23H35N5O2. The molecule has 3 amide bonds. The second-order valence-corrected chi connectivity index (χ2v) is 9.21. The molecule has 3 aliphatic rings. The molecule has 2 aliphatic heterocycles. The van der Waals surface area contributed by atoms with Gasteiger partial charge in [0.05, 0.1) is 0 Å². The fourth-order valence-corrected chi connectivity index (χ4v) is 5.14. The van der Waals surface area contributed by atoms with E-state index in [2.05, 4.69) is 34.3 Å². The number of urea groups is 1. The van der Waals surface area contributed by atoms with Crippen molar-refractivity contribution >= 4 is 23.3 Å². The topological polar surface area (TPSA) is 81.9 Å². The summed E-state index contributed by atoms with van der Waals surface area (Å²) in [6.07, 6.45) is 7.53. The van der Waals surface area contributed by atoms with Crippen molar-refractivity contribution in [3.8, 4) is 0 Å². The van der Waals surface area contributed by atoms with Gasteiger partial charge >= 0.3 is 6.03 Å². The van der Waals surface area contributed by atoms with E-state index in [0.717, 1.165) is 43.2 Å². The van der Waals surface area contributed by atoms with Gasteiger partial charge in [0.15, 0.2) is 0 Å². The standard InChI is InChI=1S/C23H35N5O2/c1-26(19-7-5-18(24)6-8-19)16-17-9-12-27(13-10-17)20-3-2-4-21(15-20)28-14-11-22(29)25-23(28)30/h2-4,15,17-19H,5-14,16,24H2,1H3,(H,25,29,30). The molecule has 7 heteroatoms. The van der Waals surface area contributed by atoms with Gasteiger partial charge in [-0.15, -0.1) is 0 Å². The van der Waals surface area contributed by atoms with Gasteiger partial charge in [-0.05, 0) is 69.7 Å². The highest BCUT2D eigenvalue weighted by Gasteiger charge is 2.27. The molecule has 3 N–H and O–H groups in total. The van der Waals surface area contributed by atoms with Crippen LogP contribution >= 0.6 is 0 Å². The number of nitrogens with zero attached hydrogens (tertiary/aromatic N) is 3. The zero-order valence-corrected chi connectivity index (χ0v) is 18.1. The van der Waals surface area contributed by atoms with Gasteiger partial charge in [0.2, 0.25) is 5.91 Å². The Labute approximate surface area is 179 Å². The van der Waals surface area contributed by atoms with Crippen LogP contribution in [0.25, 0.3) is 0 Å². The second kappa shape index (κ2) is 9.35. The molecule has 1 aromatic rings. The normalized spacial score (nSPS) is 26.2. The van der Waals surface area contributed by atoms with Gasteiger partial charge in [0.25, 0.3) is 0 Å². The largest absolute Gasteiger partial charge is 0.371 e. The van der Waals surface area contributed by atoms with E-state index >= 15 is 0 Å². The smallest absolute Gasteiger partial charge is 0.328 e. The first kappa shape index (κ1) is 21.1. The van der Waals surface area contributed by atoms with E-state index in [1.807, 2.05) is 12.1 Å². The van der Waals surface area contributed by atoms with E-state index in [1.165, 1.54) is 32.2 Å². The summed E-state index contributed by atoms with van der Waals surface area (Å²) >= 11 is 0. The van der Waals surface area contributed by atoms with Crippen LogP contribution in [0.1, 0.15) is 44.9 Å². The van der Waals surface area contributed by atoms with Crippen LogP contribution in [0.5, 0.6) is 0 Å². The highest BCUT2D eigenvalue weighted by atomic mass is 16.2. The Morgan fingerprint density at radius 2 is 1.73 bits per heavy atom. The van der Waals surface area contributed by atoms with Crippen LogP contribution in [0.3, 0.4) is 0 Å². The van der Waals surface area contributed by atoms with Crippen molar-refractivity contribution in [2.45, 2.75) is 57.0 Å². The lowest BCUT2D eigenvalue weighted by Gasteiger charge is -2.39. The van der Waals surface area contributed by atoms with E-state index < -0.39 is 0 Å². The van der Waals surface area contributed by atoms with Gasteiger partial charge in [-0.2, -0.15) is 0 Å². The van der Waals surface area contributed by atoms with Gasteiger partial charge < -0.3 is 15.5 Å². The third-order valence-corrected chi connectivity index (χ3v) is 7.09. The van der Waals surface area contributed by atoms with E-state index in [1.54, 1.807) is 4.90 Å². The molecule has 7 nitrogen and oxygen atoms in total. The lowest BCUT2D eigenvalue weighted by Crippen LogP contribution is -2.49. The predicted octanol–water partition coefficient (Wildman–Crippen LogP) is 2.55. The van der Waals surface area contributed by atoms with Crippen LogP contribution in [0.15, 0.2) is 24.3 Å². The molecule has 1 aliphatic carbocycles. The molecule has 0 atom stereocenters. The van der Waals surface area contributed by atoms with Gasteiger partial charge in [-0.25, -0.2) is 4.79 Å². The lowest BCUT2D eigenvalue weighted by molar-refractivity contribution is -0.120. The zero-order chi connectivity index (χ0) is 21.1. The minimum Gasteiger partial charge on any atom is -0.371 e. The highest BCUT2D eigenvalue weighted by molar-refractivity contribution is 6.05. The van der Waals surface area contributed by atoms with Crippen molar-refractivity contribution in [1.82, 2.24) is 10.2 Å². The van der Waals surface area contributed by atoms with Crippen LogP contribution in [-0.2, 0) is 4.79 Å². The Morgan fingerprint density at radius 1 is 1.03 bits per heavy atom. The molecular weight excluding hydrogens is 378 g/mol. The van der Waals surface area contributed by atoms with Gasteiger partial charge in [0, 0.05) is 56.1 Å². The van der Waals surface area contributed by atoms with Crippen LogP contribution in [0.2, 0.25) is 0 Å². The summed E-state index contributed by atoms with van der Waals surface area (Å²) in [7, 11) is 2.28. The number of rotatable bonds is 5. The van der Waals surface area contributed by atoms with Crippen LogP contribution in [-0.4, -0.2) is 62.1 Å². The Morgan fingerprint density at radius 3 is 2.43 bits per heavy atom. The maximum Gasteiger partial charge on any atom is 0.328 e. The molecule has 0 unspecified atom stereocenters. The molecule has 0 spiro atoms. The quantitative estimate of drug-likeness (QED) is 0.775. The number of nitrogens with two attached hydrogens (primary N) is 1. The van der Waals surface area contributed by atoms with Crippen molar-refractivity contribution in [1.29, 1.82) is 0 Å². The molecule has 2 saturated heterocycles. The fourth-order valence-electron chi connectivity index (χ4n) is 5.14. The zero-order valence-electron chi connectivity index (χ0n) is 18.1. The Kier molecular flexibility index (Phi) is 6.58. The van der Waals surface area contributed by atoms with Crippen LogP contribution in [0, 0.1) is 5.92 Å². The van der Waals surface area contributed by atoms with Crippen LogP contribution in [0.4, 0.5) is 16.2 Å².